The fourth-order valence-electron chi connectivity index (χ4n) is 2.05. The lowest BCUT2D eigenvalue weighted by atomic mass is 9.83. The number of β-lactam (4-membered cyclic amide) rings is 1. The highest BCUT2D eigenvalue weighted by Gasteiger charge is 2.52. The van der Waals surface area contributed by atoms with Gasteiger partial charge in [-0.05, 0) is 12.0 Å². The van der Waals surface area contributed by atoms with Gasteiger partial charge in [0.05, 0.1) is 12.1 Å². The first kappa shape index (κ1) is 9.05. The van der Waals surface area contributed by atoms with Gasteiger partial charge in [-0.1, -0.05) is 17.3 Å². The molecule has 0 aromatic heterocycles. The van der Waals surface area contributed by atoms with Crippen molar-refractivity contribution in [2.45, 2.75) is 24.6 Å². The predicted octanol–water partition coefficient (Wildman–Crippen LogP) is 0.197. The molecule has 1 N–H and O–H groups in total. The van der Waals surface area contributed by atoms with Crippen LogP contribution in [0.2, 0.25) is 0 Å². The monoisotopic (exact) mass is 194 g/mol. The summed E-state index contributed by atoms with van der Waals surface area (Å²) in [6.07, 6.45) is -0.171. The van der Waals surface area contributed by atoms with Crippen molar-refractivity contribution in [2.24, 2.45) is 5.11 Å². The van der Waals surface area contributed by atoms with Gasteiger partial charge in [0.25, 0.3) is 0 Å². The van der Waals surface area contributed by atoms with Crippen molar-refractivity contribution in [3.63, 3.8) is 0 Å². The average Bonchev–Trinajstić information content (AvgIpc) is 2.14. The number of rotatable bonds is 1. The molecule has 6 nitrogen and oxygen atoms in total. The maximum atomic E-state index is 11.4. The van der Waals surface area contributed by atoms with Crippen LogP contribution in [0, 0.1) is 0 Å². The highest BCUT2D eigenvalue weighted by Crippen LogP contribution is 2.33. The molecule has 1 amide bonds. The van der Waals surface area contributed by atoms with Crippen LogP contribution in [0.5, 0.6) is 0 Å². The van der Waals surface area contributed by atoms with Crippen LogP contribution in [0.1, 0.15) is 6.42 Å². The van der Waals surface area contributed by atoms with E-state index >= 15 is 0 Å². The van der Waals surface area contributed by atoms with Crippen LogP contribution in [-0.4, -0.2) is 40.6 Å². The van der Waals surface area contributed by atoms with Crippen LogP contribution in [0.3, 0.4) is 0 Å². The summed E-state index contributed by atoms with van der Waals surface area (Å²) < 4.78 is 0. The quantitative estimate of drug-likeness (QED) is 0.212. The highest BCUT2D eigenvalue weighted by molar-refractivity contribution is 5.90. The summed E-state index contributed by atoms with van der Waals surface area (Å²) in [5.41, 5.74) is 9.07. The standard InChI is InChI=1S/C8H10N4O2/c1-4-2-5(13)7-6(10-11-9)8(14)12(7)3-4/h5-7,13H,1-3H2. The third kappa shape index (κ3) is 1.08. The van der Waals surface area contributed by atoms with E-state index in [1.54, 1.807) is 0 Å². The van der Waals surface area contributed by atoms with Crippen molar-refractivity contribution >= 4 is 5.91 Å². The lowest BCUT2D eigenvalue weighted by molar-refractivity contribution is -0.157. The van der Waals surface area contributed by atoms with Gasteiger partial charge < -0.3 is 10.0 Å². The van der Waals surface area contributed by atoms with E-state index in [2.05, 4.69) is 16.6 Å². The minimum absolute atomic E-state index is 0.215. The Morgan fingerprint density at radius 2 is 2.43 bits per heavy atom. The van der Waals surface area contributed by atoms with E-state index in [1.807, 2.05) is 0 Å². The fraction of sp³-hybridized carbons (Fsp3) is 0.625. The molecule has 3 atom stereocenters. The lowest BCUT2D eigenvalue weighted by Gasteiger charge is -2.51. The summed E-state index contributed by atoms with van der Waals surface area (Å²) in [4.78, 5) is 15.5. The molecule has 0 bridgehead atoms. The van der Waals surface area contributed by atoms with Gasteiger partial charge in [0.15, 0.2) is 0 Å². The summed E-state index contributed by atoms with van der Waals surface area (Å²) in [5.74, 6) is -0.215. The molecular weight excluding hydrogens is 184 g/mol. The fourth-order valence-corrected chi connectivity index (χ4v) is 2.05. The van der Waals surface area contributed by atoms with Crippen molar-refractivity contribution in [1.82, 2.24) is 4.90 Å². The average molecular weight is 194 g/mol. The Labute approximate surface area is 80.4 Å². The SMILES string of the molecule is C=C1CC(O)C2C(N=[N+]=[N-])C(=O)N2C1. The van der Waals surface area contributed by atoms with Crippen molar-refractivity contribution < 1.29 is 9.90 Å². The van der Waals surface area contributed by atoms with E-state index in [-0.39, 0.29) is 11.9 Å². The van der Waals surface area contributed by atoms with Gasteiger partial charge in [-0.3, -0.25) is 4.79 Å². The largest absolute Gasteiger partial charge is 0.391 e. The zero-order chi connectivity index (χ0) is 10.3. The van der Waals surface area contributed by atoms with Gasteiger partial charge >= 0.3 is 0 Å². The van der Waals surface area contributed by atoms with Crippen molar-refractivity contribution in [3.05, 3.63) is 22.6 Å². The molecule has 14 heavy (non-hydrogen) atoms. The van der Waals surface area contributed by atoms with E-state index in [0.29, 0.717) is 13.0 Å². The number of carbonyl (C=O) groups excluding carboxylic acids is 1. The Bertz CT molecular complexity index is 347. The first-order valence-corrected chi connectivity index (χ1v) is 4.34. The minimum Gasteiger partial charge on any atom is -0.391 e. The van der Waals surface area contributed by atoms with Gasteiger partial charge in [-0.25, -0.2) is 0 Å². The third-order valence-corrected chi connectivity index (χ3v) is 2.68. The first-order valence-electron chi connectivity index (χ1n) is 4.34. The molecule has 0 radical (unpaired) electrons. The van der Waals surface area contributed by atoms with Crippen LogP contribution in [0.15, 0.2) is 17.3 Å². The second-order valence-electron chi connectivity index (χ2n) is 3.63. The lowest BCUT2D eigenvalue weighted by Crippen LogP contribution is -2.70. The summed E-state index contributed by atoms with van der Waals surface area (Å²) in [5, 5.41) is 13.0. The van der Waals surface area contributed by atoms with E-state index in [0.717, 1.165) is 5.57 Å². The van der Waals surface area contributed by atoms with E-state index in [4.69, 9.17) is 5.53 Å². The Morgan fingerprint density at radius 1 is 1.71 bits per heavy atom. The number of hydrogen-bond donors (Lipinski definition) is 1. The maximum Gasteiger partial charge on any atom is 0.234 e. The minimum atomic E-state index is -0.719. The zero-order valence-electron chi connectivity index (χ0n) is 7.50. The second-order valence-corrected chi connectivity index (χ2v) is 3.63. The summed E-state index contributed by atoms with van der Waals surface area (Å²) in [6.45, 7) is 4.20. The number of aliphatic hydroxyl groups excluding tert-OH is 1. The molecule has 6 heteroatoms. The van der Waals surface area contributed by atoms with Gasteiger partial charge in [-0.15, -0.1) is 0 Å². The Kier molecular flexibility index (Phi) is 1.94. The Hall–Kier alpha value is -1.52. The molecule has 0 aliphatic carbocycles. The predicted molar refractivity (Wildman–Crippen MR) is 48.2 cm³/mol. The molecule has 0 aromatic carbocycles. The van der Waals surface area contributed by atoms with Crippen LogP contribution < -0.4 is 0 Å². The van der Waals surface area contributed by atoms with Gasteiger partial charge in [0.2, 0.25) is 5.91 Å². The Balaban J connectivity index is 2.20. The molecule has 0 saturated carbocycles. The normalized spacial score (nSPS) is 35.8. The van der Waals surface area contributed by atoms with Crippen molar-refractivity contribution in [1.29, 1.82) is 0 Å². The Morgan fingerprint density at radius 3 is 3.07 bits per heavy atom. The smallest absolute Gasteiger partial charge is 0.234 e. The first-order chi connectivity index (χ1) is 6.65. The highest BCUT2D eigenvalue weighted by atomic mass is 16.3. The topological polar surface area (TPSA) is 89.3 Å². The number of piperidine rings is 1. The summed E-state index contributed by atoms with van der Waals surface area (Å²) in [6, 6.07) is -1.06. The molecule has 2 aliphatic rings. The van der Waals surface area contributed by atoms with Crippen LogP contribution in [-0.2, 0) is 4.79 Å². The zero-order valence-corrected chi connectivity index (χ0v) is 7.50. The van der Waals surface area contributed by atoms with E-state index in [9.17, 15) is 9.90 Å². The molecule has 0 spiro atoms. The van der Waals surface area contributed by atoms with Crippen LogP contribution >= 0.6 is 0 Å². The number of amides is 1. The molecule has 2 heterocycles. The number of azide groups is 1. The third-order valence-electron chi connectivity index (χ3n) is 2.68. The number of hydrogen-bond acceptors (Lipinski definition) is 3. The summed E-state index contributed by atoms with van der Waals surface area (Å²) >= 11 is 0. The molecule has 3 unspecified atom stereocenters. The molecule has 2 fully saturated rings. The molecule has 74 valence electrons. The number of fused-ring (bicyclic) bond motifs is 1. The van der Waals surface area contributed by atoms with E-state index in [1.165, 1.54) is 4.90 Å². The molecule has 2 rings (SSSR count). The number of aliphatic hydroxyl groups is 1. The van der Waals surface area contributed by atoms with E-state index < -0.39 is 12.1 Å². The number of nitrogens with zero attached hydrogens (tertiary/aromatic N) is 4. The molecule has 2 aliphatic heterocycles. The number of carbonyl (C=O) groups is 1. The van der Waals surface area contributed by atoms with Gasteiger partial charge in [0, 0.05) is 11.5 Å². The van der Waals surface area contributed by atoms with Crippen molar-refractivity contribution in [2.75, 3.05) is 6.54 Å². The molecular formula is C8H10N4O2. The second kappa shape index (κ2) is 3.01. The van der Waals surface area contributed by atoms with Crippen LogP contribution in [0.25, 0.3) is 10.4 Å². The van der Waals surface area contributed by atoms with Crippen LogP contribution in [0.4, 0.5) is 0 Å². The van der Waals surface area contributed by atoms with Gasteiger partial charge in [-0.2, -0.15) is 0 Å². The summed E-state index contributed by atoms with van der Waals surface area (Å²) in [7, 11) is 0. The molecule has 0 aromatic rings. The van der Waals surface area contributed by atoms with Gasteiger partial charge in [0.1, 0.15) is 6.04 Å². The maximum absolute atomic E-state index is 11.4. The van der Waals surface area contributed by atoms with Crippen molar-refractivity contribution in [3.8, 4) is 0 Å². The molecule has 2 saturated heterocycles.